The number of hydrogen-bond acceptors (Lipinski definition) is 3. The predicted octanol–water partition coefficient (Wildman–Crippen LogP) is 3.40. The first-order chi connectivity index (χ1) is 9.79. The van der Waals surface area contributed by atoms with Crippen molar-refractivity contribution in [1.29, 1.82) is 5.26 Å². The summed E-state index contributed by atoms with van der Waals surface area (Å²) in [6.07, 6.45) is 3.92. The van der Waals surface area contributed by atoms with Crippen LogP contribution in [0.1, 0.15) is 30.4 Å². The van der Waals surface area contributed by atoms with Gasteiger partial charge < -0.3 is 4.90 Å². The van der Waals surface area contributed by atoms with Gasteiger partial charge in [-0.3, -0.25) is 0 Å². The van der Waals surface area contributed by atoms with Crippen molar-refractivity contribution in [1.82, 2.24) is 4.98 Å². The van der Waals surface area contributed by atoms with Crippen LogP contribution in [0.15, 0.2) is 24.3 Å². The molecule has 0 radical (unpaired) electrons. The third-order valence-electron chi connectivity index (χ3n) is 4.97. The van der Waals surface area contributed by atoms with Gasteiger partial charge in [0.1, 0.15) is 11.9 Å². The third-order valence-corrected chi connectivity index (χ3v) is 4.97. The molecule has 1 aromatic heterocycles. The summed E-state index contributed by atoms with van der Waals surface area (Å²) in [7, 11) is 0. The number of fused-ring (bicyclic) bond motifs is 2. The molecule has 1 aliphatic heterocycles. The molecule has 3 heteroatoms. The zero-order chi connectivity index (χ0) is 13.7. The second-order valence-electron chi connectivity index (χ2n) is 5.98. The van der Waals surface area contributed by atoms with Crippen LogP contribution in [0.25, 0.3) is 10.9 Å². The summed E-state index contributed by atoms with van der Waals surface area (Å²) >= 11 is 0. The van der Waals surface area contributed by atoms with Crippen LogP contribution in [0.3, 0.4) is 0 Å². The van der Waals surface area contributed by atoms with Gasteiger partial charge >= 0.3 is 0 Å². The van der Waals surface area contributed by atoms with E-state index in [1.165, 1.54) is 19.3 Å². The summed E-state index contributed by atoms with van der Waals surface area (Å²) in [5.74, 6) is 1.74. The molecule has 0 unspecified atom stereocenters. The summed E-state index contributed by atoms with van der Waals surface area (Å²) in [4.78, 5) is 7.15. The summed E-state index contributed by atoms with van der Waals surface area (Å²) in [6.45, 7) is 3.11. The molecule has 0 amide bonds. The molecule has 1 aliphatic carbocycles. The van der Waals surface area contributed by atoms with Gasteiger partial charge in [0.15, 0.2) is 0 Å². The number of nitrogens with zero attached hydrogens (tertiary/aromatic N) is 3. The van der Waals surface area contributed by atoms with Crippen LogP contribution in [0.4, 0.5) is 5.82 Å². The lowest BCUT2D eigenvalue weighted by atomic mass is 9.91. The van der Waals surface area contributed by atoms with E-state index in [1.807, 2.05) is 25.1 Å². The Morgan fingerprint density at radius 1 is 1.30 bits per heavy atom. The molecule has 2 fully saturated rings. The van der Waals surface area contributed by atoms with Gasteiger partial charge in [0.2, 0.25) is 0 Å². The fourth-order valence-electron chi connectivity index (χ4n) is 3.84. The van der Waals surface area contributed by atoms with E-state index < -0.39 is 0 Å². The van der Waals surface area contributed by atoms with E-state index >= 15 is 0 Å². The smallest absolute Gasteiger partial charge is 0.147 e. The van der Waals surface area contributed by atoms with E-state index in [1.54, 1.807) is 0 Å². The molecule has 0 N–H and O–H groups in total. The second-order valence-corrected chi connectivity index (χ2v) is 5.98. The van der Waals surface area contributed by atoms with Gasteiger partial charge in [0, 0.05) is 18.0 Å². The highest BCUT2D eigenvalue weighted by atomic mass is 15.3. The van der Waals surface area contributed by atoms with Crippen molar-refractivity contribution in [2.24, 2.45) is 5.92 Å². The summed E-state index contributed by atoms with van der Waals surface area (Å²) < 4.78 is 0. The Morgan fingerprint density at radius 2 is 2.15 bits per heavy atom. The SMILES string of the molecule is Cc1c(C#N)c(N2C[C@@H]3CCC[C@@H]32)nc2ccccc12. The number of hydrogen-bond donors (Lipinski definition) is 0. The van der Waals surface area contributed by atoms with Crippen molar-refractivity contribution in [2.45, 2.75) is 32.2 Å². The van der Waals surface area contributed by atoms with Crippen molar-refractivity contribution in [2.75, 3.05) is 11.4 Å². The highest BCUT2D eigenvalue weighted by Crippen LogP contribution is 2.43. The van der Waals surface area contributed by atoms with Crippen LogP contribution < -0.4 is 4.90 Å². The van der Waals surface area contributed by atoms with Gasteiger partial charge in [-0.2, -0.15) is 5.26 Å². The maximum Gasteiger partial charge on any atom is 0.147 e. The fourth-order valence-corrected chi connectivity index (χ4v) is 3.84. The Labute approximate surface area is 118 Å². The van der Waals surface area contributed by atoms with E-state index in [0.29, 0.717) is 6.04 Å². The van der Waals surface area contributed by atoms with E-state index in [9.17, 15) is 5.26 Å². The lowest BCUT2D eigenvalue weighted by Gasteiger charge is -2.46. The first-order valence-corrected chi connectivity index (χ1v) is 7.35. The third kappa shape index (κ3) is 1.48. The molecular weight excluding hydrogens is 246 g/mol. The quantitative estimate of drug-likeness (QED) is 0.791. The number of aromatic nitrogens is 1. The van der Waals surface area contributed by atoms with Crippen LogP contribution >= 0.6 is 0 Å². The maximum atomic E-state index is 9.55. The van der Waals surface area contributed by atoms with Crippen LogP contribution in [0.5, 0.6) is 0 Å². The first-order valence-electron chi connectivity index (χ1n) is 7.35. The van der Waals surface area contributed by atoms with Crippen LogP contribution in [-0.2, 0) is 0 Å². The zero-order valence-electron chi connectivity index (χ0n) is 11.6. The van der Waals surface area contributed by atoms with Gasteiger partial charge in [0.05, 0.1) is 11.1 Å². The summed E-state index contributed by atoms with van der Waals surface area (Å²) in [6, 6.07) is 11.1. The average molecular weight is 263 g/mol. The molecule has 20 heavy (non-hydrogen) atoms. The molecule has 0 spiro atoms. The van der Waals surface area contributed by atoms with Crippen LogP contribution in [0.2, 0.25) is 0 Å². The largest absolute Gasteiger partial charge is 0.352 e. The molecule has 1 aromatic carbocycles. The van der Waals surface area contributed by atoms with Gasteiger partial charge in [-0.25, -0.2) is 4.98 Å². The summed E-state index contributed by atoms with van der Waals surface area (Å²) in [5, 5.41) is 10.6. The highest BCUT2D eigenvalue weighted by molar-refractivity contribution is 5.87. The van der Waals surface area contributed by atoms with Gasteiger partial charge in [0.25, 0.3) is 0 Å². The van der Waals surface area contributed by atoms with Gasteiger partial charge in [-0.05, 0) is 37.3 Å². The highest BCUT2D eigenvalue weighted by Gasteiger charge is 2.43. The van der Waals surface area contributed by atoms with E-state index in [0.717, 1.165) is 40.3 Å². The van der Waals surface area contributed by atoms with Crippen molar-refractivity contribution < 1.29 is 0 Å². The Balaban J connectivity index is 1.89. The van der Waals surface area contributed by atoms with Crippen LogP contribution in [0, 0.1) is 24.2 Å². The zero-order valence-corrected chi connectivity index (χ0v) is 11.6. The minimum absolute atomic E-state index is 0.621. The Kier molecular flexibility index (Phi) is 2.47. The summed E-state index contributed by atoms with van der Waals surface area (Å²) in [5.41, 5.74) is 2.82. The minimum Gasteiger partial charge on any atom is -0.352 e. The average Bonchev–Trinajstić information content (AvgIpc) is 2.81. The molecular formula is C17H17N3. The monoisotopic (exact) mass is 263 g/mol. The number of pyridine rings is 1. The number of aryl methyl sites for hydroxylation is 1. The topological polar surface area (TPSA) is 39.9 Å². The Morgan fingerprint density at radius 3 is 2.95 bits per heavy atom. The maximum absolute atomic E-state index is 9.55. The van der Waals surface area contributed by atoms with E-state index in [-0.39, 0.29) is 0 Å². The standard InChI is InChI=1S/C17H17N3/c1-11-13-6-2-3-7-15(13)19-17(14(11)9-18)20-10-12-5-4-8-16(12)20/h2-3,6-7,12,16H,4-5,8,10H2,1H3/t12-,16-/m0/s1. The van der Waals surface area contributed by atoms with Gasteiger partial charge in [-0.15, -0.1) is 0 Å². The molecule has 2 heterocycles. The number of anilines is 1. The Hall–Kier alpha value is -2.08. The molecule has 2 aliphatic rings. The first kappa shape index (κ1) is 11.7. The second kappa shape index (κ2) is 4.21. The molecule has 1 saturated heterocycles. The molecule has 1 saturated carbocycles. The lowest BCUT2D eigenvalue weighted by Crippen LogP contribution is -2.54. The minimum atomic E-state index is 0.621. The predicted molar refractivity (Wildman–Crippen MR) is 79.7 cm³/mol. The van der Waals surface area contributed by atoms with Gasteiger partial charge in [-0.1, -0.05) is 24.6 Å². The fraction of sp³-hybridized carbons (Fsp3) is 0.412. The molecule has 3 nitrogen and oxygen atoms in total. The number of nitriles is 1. The molecule has 2 aromatic rings. The molecule has 0 bridgehead atoms. The molecule has 2 atom stereocenters. The van der Waals surface area contributed by atoms with E-state index in [4.69, 9.17) is 4.98 Å². The van der Waals surface area contributed by atoms with Crippen molar-refractivity contribution in [3.05, 3.63) is 35.4 Å². The van der Waals surface area contributed by atoms with E-state index in [2.05, 4.69) is 17.0 Å². The lowest BCUT2D eigenvalue weighted by molar-refractivity contribution is 0.336. The molecule has 4 rings (SSSR count). The van der Waals surface area contributed by atoms with Crippen molar-refractivity contribution in [3.8, 4) is 6.07 Å². The normalized spacial score (nSPS) is 24.3. The molecule has 100 valence electrons. The Bertz CT molecular complexity index is 729. The number of para-hydroxylation sites is 1. The van der Waals surface area contributed by atoms with Crippen molar-refractivity contribution in [3.63, 3.8) is 0 Å². The number of rotatable bonds is 1. The number of benzene rings is 1. The van der Waals surface area contributed by atoms with Crippen molar-refractivity contribution >= 4 is 16.7 Å². The van der Waals surface area contributed by atoms with Crippen LogP contribution in [-0.4, -0.2) is 17.6 Å².